The molecule has 1 saturated heterocycles. The number of piperazine rings is 1. The summed E-state index contributed by atoms with van der Waals surface area (Å²) in [4.78, 5) is 4.96. The topological polar surface area (TPSA) is 15.7 Å². The number of fused-ring (bicyclic) bond motifs is 2. The summed E-state index contributed by atoms with van der Waals surface area (Å²) < 4.78 is 6.20. The summed E-state index contributed by atoms with van der Waals surface area (Å²) in [6.45, 7) is 4.37. The molecule has 0 bridgehead atoms. The van der Waals surface area contributed by atoms with Gasteiger partial charge in [-0.1, -0.05) is 29.8 Å². The van der Waals surface area contributed by atoms with E-state index in [2.05, 4.69) is 41.1 Å². The van der Waals surface area contributed by atoms with Gasteiger partial charge in [0.15, 0.2) is 0 Å². The molecule has 4 rings (SSSR count). The fourth-order valence-electron chi connectivity index (χ4n) is 3.54. The number of hydrogen-bond donors (Lipinski definition) is 0. The molecule has 0 saturated carbocycles. The summed E-state index contributed by atoms with van der Waals surface area (Å²) in [7, 11) is 2.19. The van der Waals surface area contributed by atoms with Crippen LogP contribution < -0.4 is 4.74 Å². The van der Waals surface area contributed by atoms with Crippen LogP contribution in [0.15, 0.2) is 42.5 Å². The largest absolute Gasteiger partial charge is 0.457 e. The summed E-state index contributed by atoms with van der Waals surface area (Å²) in [6.07, 6.45) is 0.966. The molecule has 0 radical (unpaired) electrons. The van der Waals surface area contributed by atoms with Crippen molar-refractivity contribution in [1.29, 1.82) is 0 Å². The molecule has 1 fully saturated rings. The first-order valence-corrected chi connectivity index (χ1v) is 8.56. The molecule has 0 aliphatic carbocycles. The maximum Gasteiger partial charge on any atom is 0.132 e. The Kier molecular flexibility index (Phi) is 4.02. The van der Waals surface area contributed by atoms with E-state index in [1.165, 1.54) is 11.1 Å². The summed E-state index contributed by atoms with van der Waals surface area (Å²) in [5, 5.41) is 0.775. The average Bonchev–Trinajstić information content (AvgIpc) is 2.72. The second-order valence-electron chi connectivity index (χ2n) is 6.45. The van der Waals surface area contributed by atoms with Crippen molar-refractivity contribution in [2.24, 2.45) is 0 Å². The molecule has 2 aromatic carbocycles. The van der Waals surface area contributed by atoms with Crippen LogP contribution >= 0.6 is 11.6 Å². The van der Waals surface area contributed by atoms with Crippen LogP contribution in [0, 0.1) is 0 Å². The Balaban J connectivity index is 1.76. The van der Waals surface area contributed by atoms with Gasteiger partial charge in [-0.05, 0) is 43.3 Å². The zero-order valence-electron chi connectivity index (χ0n) is 13.3. The molecular weight excluding hydrogens is 308 g/mol. The maximum atomic E-state index is 6.29. The van der Waals surface area contributed by atoms with Gasteiger partial charge in [0.1, 0.15) is 11.5 Å². The van der Waals surface area contributed by atoms with E-state index in [9.17, 15) is 0 Å². The third-order valence-corrected chi connectivity index (χ3v) is 5.15. The fraction of sp³-hybridized carbons (Fsp3) is 0.368. The molecule has 1 atom stereocenters. The Morgan fingerprint density at radius 2 is 1.78 bits per heavy atom. The Morgan fingerprint density at radius 3 is 2.61 bits per heavy atom. The van der Waals surface area contributed by atoms with E-state index in [1.54, 1.807) is 0 Å². The van der Waals surface area contributed by atoms with Crippen molar-refractivity contribution in [3.8, 4) is 11.5 Å². The van der Waals surface area contributed by atoms with Crippen LogP contribution in [0.25, 0.3) is 0 Å². The quantitative estimate of drug-likeness (QED) is 0.787. The van der Waals surface area contributed by atoms with E-state index in [4.69, 9.17) is 16.3 Å². The molecule has 2 aromatic rings. The van der Waals surface area contributed by atoms with Gasteiger partial charge in [-0.25, -0.2) is 0 Å². The second kappa shape index (κ2) is 6.16. The zero-order valence-corrected chi connectivity index (χ0v) is 14.1. The number of hydrogen-bond acceptors (Lipinski definition) is 3. The summed E-state index contributed by atoms with van der Waals surface area (Å²) in [5.41, 5.74) is 2.47. The second-order valence-corrected chi connectivity index (χ2v) is 6.89. The molecule has 3 nitrogen and oxygen atoms in total. The van der Waals surface area contributed by atoms with Gasteiger partial charge < -0.3 is 9.64 Å². The van der Waals surface area contributed by atoms with Crippen LogP contribution in [0.5, 0.6) is 11.5 Å². The lowest BCUT2D eigenvalue weighted by molar-refractivity contribution is 0.111. The third kappa shape index (κ3) is 2.97. The monoisotopic (exact) mass is 328 g/mol. The molecular formula is C19H21ClN2O. The van der Waals surface area contributed by atoms with Gasteiger partial charge in [-0.2, -0.15) is 0 Å². The smallest absolute Gasteiger partial charge is 0.132 e. The van der Waals surface area contributed by atoms with Crippen molar-refractivity contribution in [3.63, 3.8) is 0 Å². The Labute approximate surface area is 142 Å². The highest BCUT2D eigenvalue weighted by Crippen LogP contribution is 2.42. The van der Waals surface area contributed by atoms with Crippen LogP contribution in [-0.2, 0) is 6.42 Å². The SMILES string of the molecule is CN1CCN(C2Cc3ccccc3Oc3ccc(Cl)cc32)CC1. The molecule has 2 aliphatic rings. The number of likely N-dealkylation sites (N-methyl/N-ethyl adjacent to an activating group) is 1. The predicted molar refractivity (Wildman–Crippen MR) is 93.5 cm³/mol. The predicted octanol–water partition coefficient (Wildman–Crippen LogP) is 3.98. The molecule has 0 N–H and O–H groups in total. The van der Waals surface area contributed by atoms with Crippen molar-refractivity contribution in [2.45, 2.75) is 12.5 Å². The van der Waals surface area contributed by atoms with Crippen molar-refractivity contribution in [1.82, 2.24) is 9.80 Å². The summed E-state index contributed by atoms with van der Waals surface area (Å²) in [6, 6.07) is 14.7. The van der Waals surface area contributed by atoms with Gasteiger partial charge in [-0.15, -0.1) is 0 Å². The normalized spacial score (nSPS) is 21.9. The number of halogens is 1. The number of benzene rings is 2. The van der Waals surface area contributed by atoms with E-state index in [1.807, 2.05) is 18.2 Å². The van der Waals surface area contributed by atoms with Crippen LogP contribution in [-0.4, -0.2) is 43.0 Å². The Bertz CT molecular complexity index is 710. The number of rotatable bonds is 1. The minimum Gasteiger partial charge on any atom is -0.457 e. The van der Waals surface area contributed by atoms with Gasteiger partial charge in [0.25, 0.3) is 0 Å². The van der Waals surface area contributed by atoms with Gasteiger partial charge >= 0.3 is 0 Å². The molecule has 2 aliphatic heterocycles. The molecule has 23 heavy (non-hydrogen) atoms. The highest BCUT2D eigenvalue weighted by Gasteiger charge is 2.30. The van der Waals surface area contributed by atoms with E-state index in [0.29, 0.717) is 6.04 Å². The molecule has 4 heteroatoms. The van der Waals surface area contributed by atoms with Gasteiger partial charge in [0.2, 0.25) is 0 Å². The molecule has 0 aromatic heterocycles. The lowest BCUT2D eigenvalue weighted by Crippen LogP contribution is -2.46. The summed E-state index contributed by atoms with van der Waals surface area (Å²) >= 11 is 6.29. The fourth-order valence-corrected chi connectivity index (χ4v) is 3.72. The third-order valence-electron chi connectivity index (χ3n) is 4.92. The minimum absolute atomic E-state index is 0.320. The molecule has 0 spiro atoms. The van der Waals surface area contributed by atoms with Crippen LogP contribution in [0.3, 0.4) is 0 Å². The van der Waals surface area contributed by atoms with Gasteiger partial charge in [0, 0.05) is 42.8 Å². The first kappa shape index (κ1) is 15.0. The number of nitrogens with zero attached hydrogens (tertiary/aromatic N) is 2. The molecule has 1 unspecified atom stereocenters. The molecule has 0 amide bonds. The summed E-state index contributed by atoms with van der Waals surface area (Å²) in [5.74, 6) is 1.90. The highest BCUT2D eigenvalue weighted by molar-refractivity contribution is 6.30. The van der Waals surface area contributed by atoms with Crippen LogP contribution in [0.1, 0.15) is 17.2 Å². The van der Waals surface area contributed by atoms with Crippen LogP contribution in [0.2, 0.25) is 5.02 Å². The zero-order chi connectivity index (χ0) is 15.8. The van der Waals surface area contributed by atoms with Crippen molar-refractivity contribution < 1.29 is 4.74 Å². The van der Waals surface area contributed by atoms with E-state index >= 15 is 0 Å². The van der Waals surface area contributed by atoms with E-state index < -0.39 is 0 Å². The Morgan fingerprint density at radius 1 is 1.00 bits per heavy atom. The van der Waals surface area contributed by atoms with E-state index in [0.717, 1.165) is 49.1 Å². The first-order chi connectivity index (χ1) is 11.2. The number of ether oxygens (including phenoxy) is 1. The lowest BCUT2D eigenvalue weighted by Gasteiger charge is -2.38. The van der Waals surface area contributed by atoms with Crippen molar-refractivity contribution >= 4 is 11.6 Å². The van der Waals surface area contributed by atoms with Crippen molar-refractivity contribution in [2.75, 3.05) is 33.2 Å². The van der Waals surface area contributed by atoms with Crippen molar-refractivity contribution in [3.05, 3.63) is 58.6 Å². The first-order valence-electron chi connectivity index (χ1n) is 8.18. The maximum absolute atomic E-state index is 6.29. The van der Waals surface area contributed by atoms with Crippen LogP contribution in [0.4, 0.5) is 0 Å². The van der Waals surface area contributed by atoms with Gasteiger partial charge in [0.05, 0.1) is 0 Å². The minimum atomic E-state index is 0.320. The highest BCUT2D eigenvalue weighted by atomic mass is 35.5. The average molecular weight is 329 g/mol. The lowest BCUT2D eigenvalue weighted by atomic mass is 9.96. The van der Waals surface area contributed by atoms with E-state index in [-0.39, 0.29) is 0 Å². The molecule has 120 valence electrons. The number of para-hydroxylation sites is 1. The standard InChI is InChI=1S/C19H21ClN2O/c1-21-8-10-22(11-9-21)17-12-14-4-2-3-5-18(14)23-19-7-6-15(20)13-16(17)19/h2-7,13,17H,8-12H2,1H3. The Hall–Kier alpha value is -1.55. The van der Waals surface area contributed by atoms with Gasteiger partial charge in [-0.3, -0.25) is 4.90 Å². The molecule has 2 heterocycles.